The molecule has 1 saturated heterocycles. The molecule has 0 saturated carbocycles. The van der Waals surface area contributed by atoms with Crippen molar-refractivity contribution in [2.24, 2.45) is 0 Å². The fourth-order valence-electron chi connectivity index (χ4n) is 3.22. The molecule has 1 aliphatic heterocycles. The highest BCUT2D eigenvalue weighted by Gasteiger charge is 2.10. The first-order valence-electron chi connectivity index (χ1n) is 9.70. The Morgan fingerprint density at radius 3 is 2.41 bits per heavy atom. The smallest absolute Gasteiger partial charge is 0.220 e. The van der Waals surface area contributed by atoms with E-state index < -0.39 is 0 Å². The van der Waals surface area contributed by atoms with Crippen LogP contribution in [0.25, 0.3) is 0 Å². The van der Waals surface area contributed by atoms with Crippen LogP contribution < -0.4 is 10.2 Å². The number of anilines is 1. The molecule has 0 aromatic heterocycles. The van der Waals surface area contributed by atoms with Gasteiger partial charge < -0.3 is 10.2 Å². The number of piperidine rings is 1. The lowest BCUT2D eigenvalue weighted by Crippen LogP contribution is -2.29. The first-order chi connectivity index (χ1) is 13.2. The Balaban J connectivity index is 1.33. The minimum atomic E-state index is 0.117. The number of halogens is 1. The molecule has 0 spiro atoms. The van der Waals surface area contributed by atoms with Gasteiger partial charge in [-0.2, -0.15) is 0 Å². The topological polar surface area (TPSA) is 32.3 Å². The predicted octanol–water partition coefficient (Wildman–Crippen LogP) is 5.52. The highest BCUT2D eigenvalue weighted by molar-refractivity contribution is 7.99. The molecule has 0 unspecified atom stereocenters. The third-order valence-corrected chi connectivity index (χ3v) is 6.13. The lowest BCUT2D eigenvalue weighted by atomic mass is 10.1. The standard InChI is InChI=1S/C22H27ClN2OS/c23-19-8-12-21(13-9-19)27-16-4-5-22(26)24-17-18-6-10-20(11-7-18)25-14-2-1-3-15-25/h6-13H,1-5,14-17H2,(H,24,26). The molecule has 144 valence electrons. The van der Waals surface area contributed by atoms with Crippen LogP contribution in [0.3, 0.4) is 0 Å². The molecule has 1 amide bonds. The molecule has 0 bridgehead atoms. The maximum absolute atomic E-state index is 12.0. The van der Waals surface area contributed by atoms with E-state index in [1.54, 1.807) is 11.8 Å². The number of amides is 1. The van der Waals surface area contributed by atoms with Gasteiger partial charge in [-0.1, -0.05) is 23.7 Å². The van der Waals surface area contributed by atoms with Crippen molar-refractivity contribution in [3.8, 4) is 0 Å². The third-order valence-electron chi connectivity index (χ3n) is 4.78. The van der Waals surface area contributed by atoms with Gasteiger partial charge in [0.1, 0.15) is 0 Å². The van der Waals surface area contributed by atoms with E-state index in [9.17, 15) is 4.79 Å². The fourth-order valence-corrected chi connectivity index (χ4v) is 4.20. The molecular weight excluding hydrogens is 376 g/mol. The van der Waals surface area contributed by atoms with Crippen molar-refractivity contribution >= 4 is 35.0 Å². The molecule has 1 N–H and O–H groups in total. The zero-order valence-corrected chi connectivity index (χ0v) is 17.2. The number of nitrogens with zero attached hydrogens (tertiary/aromatic N) is 1. The zero-order chi connectivity index (χ0) is 18.9. The quantitative estimate of drug-likeness (QED) is 0.466. The van der Waals surface area contributed by atoms with Crippen LogP contribution >= 0.6 is 23.4 Å². The second-order valence-electron chi connectivity index (χ2n) is 6.90. The highest BCUT2D eigenvalue weighted by atomic mass is 35.5. The Bertz CT molecular complexity index is 712. The van der Waals surface area contributed by atoms with Crippen molar-refractivity contribution < 1.29 is 4.79 Å². The van der Waals surface area contributed by atoms with Gasteiger partial charge in [0.2, 0.25) is 5.91 Å². The minimum absolute atomic E-state index is 0.117. The van der Waals surface area contributed by atoms with Crippen LogP contribution in [0.1, 0.15) is 37.7 Å². The molecule has 27 heavy (non-hydrogen) atoms. The average molecular weight is 403 g/mol. The molecule has 2 aromatic carbocycles. The summed E-state index contributed by atoms with van der Waals surface area (Å²) in [7, 11) is 0. The normalized spacial score (nSPS) is 14.2. The third kappa shape index (κ3) is 6.78. The molecule has 0 atom stereocenters. The first-order valence-corrected chi connectivity index (χ1v) is 11.1. The van der Waals surface area contributed by atoms with Gasteiger partial charge in [-0.15, -0.1) is 11.8 Å². The molecule has 3 nitrogen and oxygen atoms in total. The second-order valence-corrected chi connectivity index (χ2v) is 8.50. The van der Waals surface area contributed by atoms with Crippen LogP contribution in [0.15, 0.2) is 53.4 Å². The molecule has 1 heterocycles. The minimum Gasteiger partial charge on any atom is -0.372 e. The molecule has 5 heteroatoms. The number of hydrogen-bond acceptors (Lipinski definition) is 3. The van der Waals surface area contributed by atoms with Gasteiger partial charge in [-0.3, -0.25) is 4.79 Å². The van der Waals surface area contributed by atoms with E-state index in [0.717, 1.165) is 35.8 Å². The summed E-state index contributed by atoms with van der Waals surface area (Å²) in [5, 5.41) is 3.78. The van der Waals surface area contributed by atoms with E-state index in [2.05, 4.69) is 34.5 Å². The summed E-state index contributed by atoms with van der Waals surface area (Å²) >= 11 is 7.64. The first kappa shape index (κ1) is 20.1. The Hall–Kier alpha value is -1.65. The Morgan fingerprint density at radius 1 is 1.00 bits per heavy atom. The van der Waals surface area contributed by atoms with E-state index in [4.69, 9.17) is 11.6 Å². The molecule has 3 rings (SSSR count). The van der Waals surface area contributed by atoms with Crippen LogP contribution in [-0.2, 0) is 11.3 Å². The average Bonchev–Trinajstić information content (AvgIpc) is 2.72. The van der Waals surface area contributed by atoms with Gasteiger partial charge in [0.05, 0.1) is 0 Å². The van der Waals surface area contributed by atoms with Gasteiger partial charge in [0, 0.05) is 41.7 Å². The van der Waals surface area contributed by atoms with Crippen molar-refractivity contribution in [3.63, 3.8) is 0 Å². The van der Waals surface area contributed by atoms with Gasteiger partial charge in [0.25, 0.3) is 0 Å². The molecular formula is C22H27ClN2OS. The van der Waals surface area contributed by atoms with Crippen molar-refractivity contribution in [2.45, 2.75) is 43.5 Å². The lowest BCUT2D eigenvalue weighted by Gasteiger charge is -2.28. The van der Waals surface area contributed by atoms with Crippen LogP contribution in [0, 0.1) is 0 Å². The lowest BCUT2D eigenvalue weighted by molar-refractivity contribution is -0.121. The summed E-state index contributed by atoms with van der Waals surface area (Å²) in [4.78, 5) is 15.7. The summed E-state index contributed by atoms with van der Waals surface area (Å²) in [5.74, 6) is 1.05. The highest BCUT2D eigenvalue weighted by Crippen LogP contribution is 2.22. The Labute approximate surface area is 171 Å². The van der Waals surface area contributed by atoms with Crippen molar-refractivity contribution in [3.05, 3.63) is 59.1 Å². The van der Waals surface area contributed by atoms with E-state index in [1.165, 1.54) is 29.8 Å². The predicted molar refractivity (Wildman–Crippen MR) is 116 cm³/mol. The summed E-state index contributed by atoms with van der Waals surface area (Å²) in [6.07, 6.45) is 5.35. The molecule has 1 aliphatic rings. The van der Waals surface area contributed by atoms with Crippen molar-refractivity contribution in [2.75, 3.05) is 23.7 Å². The second kappa shape index (κ2) is 10.6. The SMILES string of the molecule is O=C(CCCSc1ccc(Cl)cc1)NCc1ccc(N2CCCCC2)cc1. The van der Waals surface area contributed by atoms with Crippen LogP contribution in [0.2, 0.25) is 5.02 Å². The summed E-state index contributed by atoms with van der Waals surface area (Å²) in [6.45, 7) is 2.91. The van der Waals surface area contributed by atoms with Crippen LogP contribution in [-0.4, -0.2) is 24.7 Å². The van der Waals surface area contributed by atoms with Crippen molar-refractivity contribution in [1.82, 2.24) is 5.32 Å². The Morgan fingerprint density at radius 2 is 1.70 bits per heavy atom. The maximum Gasteiger partial charge on any atom is 0.220 e. The molecule has 1 fully saturated rings. The van der Waals surface area contributed by atoms with Crippen LogP contribution in [0.5, 0.6) is 0 Å². The number of carbonyl (C=O) groups is 1. The van der Waals surface area contributed by atoms with Crippen LogP contribution in [0.4, 0.5) is 5.69 Å². The molecule has 0 aliphatic carbocycles. The number of carbonyl (C=O) groups excluding carboxylic acids is 1. The summed E-state index contributed by atoms with van der Waals surface area (Å²) in [6, 6.07) is 16.4. The molecule has 0 radical (unpaired) electrons. The maximum atomic E-state index is 12.0. The number of nitrogens with one attached hydrogen (secondary N) is 1. The monoisotopic (exact) mass is 402 g/mol. The van der Waals surface area contributed by atoms with E-state index in [1.807, 2.05) is 24.3 Å². The Kier molecular flexibility index (Phi) is 7.91. The van der Waals surface area contributed by atoms with Gasteiger partial charge in [-0.05, 0) is 73.4 Å². The van der Waals surface area contributed by atoms with E-state index in [0.29, 0.717) is 13.0 Å². The summed E-state index contributed by atoms with van der Waals surface area (Å²) in [5.41, 5.74) is 2.45. The zero-order valence-electron chi connectivity index (χ0n) is 15.6. The molecule has 2 aromatic rings. The van der Waals surface area contributed by atoms with Crippen molar-refractivity contribution in [1.29, 1.82) is 0 Å². The number of hydrogen-bond donors (Lipinski definition) is 1. The summed E-state index contributed by atoms with van der Waals surface area (Å²) < 4.78 is 0. The van der Waals surface area contributed by atoms with Gasteiger partial charge in [0.15, 0.2) is 0 Å². The largest absolute Gasteiger partial charge is 0.372 e. The van der Waals surface area contributed by atoms with E-state index >= 15 is 0 Å². The van der Waals surface area contributed by atoms with E-state index in [-0.39, 0.29) is 5.91 Å². The number of thioether (sulfide) groups is 1. The fraction of sp³-hybridized carbons (Fsp3) is 0.409. The van der Waals surface area contributed by atoms with Gasteiger partial charge >= 0.3 is 0 Å². The van der Waals surface area contributed by atoms with Gasteiger partial charge in [-0.25, -0.2) is 0 Å². The number of benzene rings is 2. The number of rotatable bonds is 8.